The standard InChI is InChI=1S/C17H29NO3/c1-4-10-18-17(13-19,16-8-6-5-7-9-16)14-20-11-12-21-15(2)3/h5-9,15,18-19H,4,10-14H2,1-3H3. The monoisotopic (exact) mass is 295 g/mol. The van der Waals surface area contributed by atoms with Gasteiger partial charge in [-0.15, -0.1) is 0 Å². The van der Waals surface area contributed by atoms with Gasteiger partial charge in [-0.3, -0.25) is 0 Å². The number of ether oxygens (including phenoxy) is 2. The molecule has 0 spiro atoms. The first-order valence-electron chi connectivity index (χ1n) is 7.75. The van der Waals surface area contributed by atoms with Crippen molar-refractivity contribution >= 4 is 0 Å². The number of aliphatic hydroxyl groups is 1. The first-order chi connectivity index (χ1) is 10.1. The van der Waals surface area contributed by atoms with E-state index in [2.05, 4.69) is 12.2 Å². The fourth-order valence-electron chi connectivity index (χ4n) is 2.14. The van der Waals surface area contributed by atoms with E-state index in [0.29, 0.717) is 19.8 Å². The predicted octanol–water partition coefficient (Wildman–Crippen LogP) is 2.32. The van der Waals surface area contributed by atoms with Gasteiger partial charge in [-0.2, -0.15) is 0 Å². The third-order valence-corrected chi connectivity index (χ3v) is 3.34. The van der Waals surface area contributed by atoms with Gasteiger partial charge in [-0.25, -0.2) is 0 Å². The molecule has 0 aromatic heterocycles. The molecule has 1 aromatic carbocycles. The van der Waals surface area contributed by atoms with Crippen molar-refractivity contribution in [2.45, 2.75) is 38.8 Å². The number of benzene rings is 1. The molecule has 1 aromatic rings. The molecule has 0 aliphatic heterocycles. The van der Waals surface area contributed by atoms with Crippen LogP contribution in [-0.2, 0) is 15.0 Å². The molecule has 1 rings (SSSR count). The fourth-order valence-corrected chi connectivity index (χ4v) is 2.14. The Labute approximate surface area is 128 Å². The van der Waals surface area contributed by atoms with Crippen molar-refractivity contribution in [2.75, 3.05) is 33.0 Å². The molecule has 21 heavy (non-hydrogen) atoms. The minimum Gasteiger partial charge on any atom is -0.394 e. The topological polar surface area (TPSA) is 50.7 Å². The van der Waals surface area contributed by atoms with Crippen molar-refractivity contribution in [1.82, 2.24) is 5.32 Å². The SMILES string of the molecule is CCCNC(CO)(COCCOC(C)C)c1ccccc1. The van der Waals surface area contributed by atoms with Crippen LogP contribution in [0.2, 0.25) is 0 Å². The highest BCUT2D eigenvalue weighted by atomic mass is 16.5. The van der Waals surface area contributed by atoms with Crippen LogP contribution < -0.4 is 5.32 Å². The summed E-state index contributed by atoms with van der Waals surface area (Å²) in [6.07, 6.45) is 1.22. The Bertz CT molecular complexity index is 370. The minimum atomic E-state index is -0.547. The van der Waals surface area contributed by atoms with E-state index in [1.54, 1.807) is 0 Å². The van der Waals surface area contributed by atoms with Gasteiger partial charge in [0.2, 0.25) is 0 Å². The zero-order chi connectivity index (χ0) is 15.6. The molecule has 4 heteroatoms. The average molecular weight is 295 g/mol. The molecule has 0 radical (unpaired) electrons. The Morgan fingerprint density at radius 3 is 2.48 bits per heavy atom. The summed E-state index contributed by atoms with van der Waals surface area (Å²) in [5.41, 5.74) is 0.500. The zero-order valence-corrected chi connectivity index (χ0v) is 13.5. The van der Waals surface area contributed by atoms with E-state index < -0.39 is 5.54 Å². The molecule has 0 aliphatic carbocycles. The number of rotatable bonds is 11. The third-order valence-electron chi connectivity index (χ3n) is 3.34. The number of hydrogen-bond donors (Lipinski definition) is 2. The van der Waals surface area contributed by atoms with E-state index in [4.69, 9.17) is 9.47 Å². The highest BCUT2D eigenvalue weighted by Gasteiger charge is 2.31. The van der Waals surface area contributed by atoms with Gasteiger partial charge in [0.15, 0.2) is 0 Å². The molecule has 2 N–H and O–H groups in total. The Morgan fingerprint density at radius 2 is 1.90 bits per heavy atom. The van der Waals surface area contributed by atoms with Gasteiger partial charge in [0.25, 0.3) is 0 Å². The van der Waals surface area contributed by atoms with Gasteiger partial charge in [0.05, 0.1) is 38.1 Å². The summed E-state index contributed by atoms with van der Waals surface area (Å²) in [4.78, 5) is 0. The summed E-state index contributed by atoms with van der Waals surface area (Å²) in [7, 11) is 0. The zero-order valence-electron chi connectivity index (χ0n) is 13.5. The van der Waals surface area contributed by atoms with Gasteiger partial charge in [0.1, 0.15) is 0 Å². The van der Waals surface area contributed by atoms with Crippen LogP contribution in [0.5, 0.6) is 0 Å². The molecule has 120 valence electrons. The van der Waals surface area contributed by atoms with Crippen molar-refractivity contribution in [3.63, 3.8) is 0 Å². The van der Waals surface area contributed by atoms with Gasteiger partial charge in [-0.1, -0.05) is 37.3 Å². The summed E-state index contributed by atoms with van der Waals surface area (Å²) in [6.45, 7) is 8.48. The Morgan fingerprint density at radius 1 is 1.19 bits per heavy atom. The van der Waals surface area contributed by atoms with Gasteiger partial charge in [-0.05, 0) is 32.4 Å². The van der Waals surface area contributed by atoms with Gasteiger partial charge >= 0.3 is 0 Å². The van der Waals surface area contributed by atoms with Crippen LogP contribution >= 0.6 is 0 Å². The van der Waals surface area contributed by atoms with Crippen LogP contribution in [-0.4, -0.2) is 44.2 Å². The Hall–Kier alpha value is -0.940. The second-order valence-corrected chi connectivity index (χ2v) is 5.51. The molecule has 0 aliphatic rings. The van der Waals surface area contributed by atoms with Gasteiger partial charge in [0, 0.05) is 0 Å². The largest absolute Gasteiger partial charge is 0.394 e. The van der Waals surface area contributed by atoms with Crippen LogP contribution in [0.3, 0.4) is 0 Å². The first-order valence-corrected chi connectivity index (χ1v) is 7.75. The quantitative estimate of drug-likeness (QED) is 0.615. The van der Waals surface area contributed by atoms with Crippen LogP contribution in [0.15, 0.2) is 30.3 Å². The molecular weight excluding hydrogens is 266 g/mol. The summed E-state index contributed by atoms with van der Waals surface area (Å²) in [5, 5.41) is 13.4. The smallest absolute Gasteiger partial charge is 0.0905 e. The molecule has 0 bridgehead atoms. The lowest BCUT2D eigenvalue weighted by Crippen LogP contribution is -2.50. The van der Waals surface area contributed by atoms with Crippen LogP contribution in [0.4, 0.5) is 0 Å². The molecule has 0 saturated heterocycles. The lowest BCUT2D eigenvalue weighted by Gasteiger charge is -2.33. The van der Waals surface area contributed by atoms with Crippen molar-refractivity contribution in [3.8, 4) is 0 Å². The van der Waals surface area contributed by atoms with Gasteiger partial charge < -0.3 is 19.9 Å². The third kappa shape index (κ3) is 6.14. The second-order valence-electron chi connectivity index (χ2n) is 5.51. The maximum Gasteiger partial charge on any atom is 0.0905 e. The molecule has 0 saturated carbocycles. The van der Waals surface area contributed by atoms with E-state index in [0.717, 1.165) is 18.5 Å². The predicted molar refractivity (Wildman–Crippen MR) is 85.4 cm³/mol. The second kappa shape index (κ2) is 9.90. The maximum atomic E-state index is 9.93. The lowest BCUT2D eigenvalue weighted by molar-refractivity contribution is -0.0124. The normalized spacial score (nSPS) is 14.3. The van der Waals surface area contributed by atoms with E-state index in [1.807, 2.05) is 44.2 Å². The molecule has 4 nitrogen and oxygen atoms in total. The Balaban J connectivity index is 2.63. The number of hydrogen-bond acceptors (Lipinski definition) is 4. The summed E-state index contributed by atoms with van der Waals surface area (Å²) < 4.78 is 11.2. The van der Waals surface area contributed by atoms with Crippen LogP contribution in [0.25, 0.3) is 0 Å². The molecule has 0 fully saturated rings. The summed E-state index contributed by atoms with van der Waals surface area (Å²) in [5.74, 6) is 0. The van der Waals surface area contributed by atoms with Crippen molar-refractivity contribution in [1.29, 1.82) is 0 Å². The van der Waals surface area contributed by atoms with E-state index in [-0.39, 0.29) is 12.7 Å². The number of aliphatic hydroxyl groups excluding tert-OH is 1. The maximum absolute atomic E-state index is 9.93. The molecule has 1 atom stereocenters. The fraction of sp³-hybridized carbons (Fsp3) is 0.647. The van der Waals surface area contributed by atoms with Crippen LogP contribution in [0, 0.1) is 0 Å². The van der Waals surface area contributed by atoms with E-state index >= 15 is 0 Å². The van der Waals surface area contributed by atoms with E-state index in [9.17, 15) is 5.11 Å². The highest BCUT2D eigenvalue weighted by Crippen LogP contribution is 2.21. The van der Waals surface area contributed by atoms with Crippen molar-refractivity contribution in [2.24, 2.45) is 0 Å². The highest BCUT2D eigenvalue weighted by molar-refractivity contribution is 5.25. The molecule has 0 amide bonds. The first kappa shape index (κ1) is 18.1. The summed E-state index contributed by atoms with van der Waals surface area (Å²) in [6, 6.07) is 9.98. The molecular formula is C17H29NO3. The number of nitrogens with one attached hydrogen (secondary N) is 1. The lowest BCUT2D eigenvalue weighted by atomic mass is 9.91. The minimum absolute atomic E-state index is 0.00203. The average Bonchev–Trinajstić information content (AvgIpc) is 2.51. The molecule has 1 unspecified atom stereocenters. The Kier molecular flexibility index (Phi) is 8.54. The van der Waals surface area contributed by atoms with E-state index in [1.165, 1.54) is 0 Å². The van der Waals surface area contributed by atoms with Crippen molar-refractivity contribution < 1.29 is 14.6 Å². The summed E-state index contributed by atoms with van der Waals surface area (Å²) >= 11 is 0. The molecule has 0 heterocycles. The van der Waals surface area contributed by atoms with Crippen LogP contribution in [0.1, 0.15) is 32.8 Å². The van der Waals surface area contributed by atoms with Crippen molar-refractivity contribution in [3.05, 3.63) is 35.9 Å².